The third-order valence-electron chi connectivity index (χ3n) is 2.56. The number of rotatable bonds is 5. The molecule has 0 saturated heterocycles. The van der Waals surface area contributed by atoms with Crippen molar-refractivity contribution in [2.45, 2.75) is 39.5 Å². The molecule has 0 bridgehead atoms. The molecule has 16 heavy (non-hydrogen) atoms. The van der Waals surface area contributed by atoms with Crippen LogP contribution in [0, 0.1) is 0 Å². The topological polar surface area (TPSA) is 43.1 Å². The fraction of sp³-hybridized carbons (Fsp3) is 0.462. The van der Waals surface area contributed by atoms with Crippen molar-refractivity contribution >= 4 is 5.91 Å². The molecular formula is C13H19AuNO. The van der Waals surface area contributed by atoms with E-state index in [4.69, 9.17) is 5.73 Å². The Hall–Kier alpha value is -0.570. The number of hydrogen-bond acceptors (Lipinski definition) is 1. The Kier molecular flexibility index (Phi) is 7.39. The summed E-state index contributed by atoms with van der Waals surface area (Å²) >= 11 is 0. The van der Waals surface area contributed by atoms with Gasteiger partial charge in [-0.1, -0.05) is 38.8 Å². The van der Waals surface area contributed by atoms with Crippen LogP contribution in [0.1, 0.15) is 48.2 Å². The first kappa shape index (κ1) is 15.4. The van der Waals surface area contributed by atoms with Gasteiger partial charge >= 0.3 is 0 Å². The fourth-order valence-corrected chi connectivity index (χ4v) is 1.91. The van der Waals surface area contributed by atoms with E-state index in [1.807, 2.05) is 12.1 Å². The predicted octanol–water partition coefficient (Wildman–Crippen LogP) is 2.69. The molecule has 1 rings (SSSR count). The van der Waals surface area contributed by atoms with Crippen molar-refractivity contribution in [3.05, 3.63) is 34.9 Å². The van der Waals surface area contributed by atoms with Crippen molar-refractivity contribution < 1.29 is 27.2 Å². The van der Waals surface area contributed by atoms with Gasteiger partial charge in [0.05, 0.1) is 0 Å². The monoisotopic (exact) mass is 402 g/mol. The Morgan fingerprint density at radius 1 is 1.19 bits per heavy atom. The van der Waals surface area contributed by atoms with Gasteiger partial charge in [0.25, 0.3) is 0 Å². The molecule has 0 unspecified atom stereocenters. The van der Waals surface area contributed by atoms with E-state index in [0.29, 0.717) is 5.56 Å². The molecule has 0 fully saturated rings. The first-order valence-electron chi connectivity index (χ1n) is 5.61. The normalized spacial score (nSPS) is 9.62. The van der Waals surface area contributed by atoms with E-state index >= 15 is 0 Å². The van der Waals surface area contributed by atoms with Crippen molar-refractivity contribution in [2.75, 3.05) is 0 Å². The predicted molar refractivity (Wildman–Crippen MR) is 62.9 cm³/mol. The van der Waals surface area contributed by atoms with Gasteiger partial charge in [0, 0.05) is 27.9 Å². The van der Waals surface area contributed by atoms with Crippen LogP contribution in [0.25, 0.3) is 0 Å². The van der Waals surface area contributed by atoms with Gasteiger partial charge in [-0.3, -0.25) is 4.79 Å². The molecule has 0 spiro atoms. The van der Waals surface area contributed by atoms with Crippen molar-refractivity contribution in [1.29, 1.82) is 0 Å². The maximum absolute atomic E-state index is 11.3. The number of aryl methyl sites for hydroxylation is 1. The number of carbonyl (C=O) groups is 1. The van der Waals surface area contributed by atoms with Gasteiger partial charge in [-0.05, 0) is 30.0 Å². The molecule has 2 nitrogen and oxygen atoms in total. The minimum absolute atomic E-state index is 0. The molecule has 0 aromatic heterocycles. The number of primary amides is 1. The summed E-state index contributed by atoms with van der Waals surface area (Å²) in [5.41, 5.74) is 8.49. The van der Waals surface area contributed by atoms with Crippen LogP contribution in [0.15, 0.2) is 18.2 Å². The van der Waals surface area contributed by atoms with Crippen LogP contribution in [0.3, 0.4) is 0 Å². The van der Waals surface area contributed by atoms with Crippen LogP contribution < -0.4 is 5.73 Å². The number of hydrogen-bond donors (Lipinski definition) is 1. The molecule has 0 aliphatic rings. The molecule has 0 aliphatic heterocycles. The molecule has 3 heteroatoms. The van der Waals surface area contributed by atoms with Crippen LogP contribution in [0.5, 0.6) is 0 Å². The molecular weight excluding hydrogens is 383 g/mol. The van der Waals surface area contributed by atoms with Crippen molar-refractivity contribution in [2.24, 2.45) is 5.73 Å². The number of carbonyl (C=O) groups excluding carboxylic acids is 1. The third kappa shape index (κ3) is 3.78. The largest absolute Gasteiger partial charge is 0.366 e. The van der Waals surface area contributed by atoms with E-state index in [1.165, 1.54) is 5.56 Å². The Morgan fingerprint density at radius 3 is 2.31 bits per heavy atom. The van der Waals surface area contributed by atoms with Gasteiger partial charge in [0.2, 0.25) is 5.91 Å². The fourth-order valence-electron chi connectivity index (χ4n) is 1.91. The summed E-state index contributed by atoms with van der Waals surface area (Å²) in [6.45, 7) is 4.26. The molecule has 93 valence electrons. The van der Waals surface area contributed by atoms with Crippen molar-refractivity contribution in [1.82, 2.24) is 0 Å². The number of nitrogens with two attached hydrogens (primary N) is 1. The zero-order valence-electron chi connectivity index (χ0n) is 9.85. The summed E-state index contributed by atoms with van der Waals surface area (Å²) in [6, 6.07) is 5.84. The van der Waals surface area contributed by atoms with Crippen LogP contribution in [0.2, 0.25) is 0 Å². The second kappa shape index (κ2) is 7.66. The summed E-state index contributed by atoms with van der Waals surface area (Å²) in [4.78, 5) is 11.3. The SMILES string of the molecule is CCCc1cccc(C(N)=O)c1CCC.[Au]. The second-order valence-corrected chi connectivity index (χ2v) is 3.81. The molecule has 0 saturated carbocycles. The Morgan fingerprint density at radius 2 is 1.81 bits per heavy atom. The molecule has 0 aliphatic carbocycles. The van der Waals surface area contributed by atoms with E-state index in [9.17, 15) is 4.79 Å². The molecule has 1 aromatic carbocycles. The van der Waals surface area contributed by atoms with E-state index in [1.54, 1.807) is 0 Å². The summed E-state index contributed by atoms with van der Waals surface area (Å²) < 4.78 is 0. The van der Waals surface area contributed by atoms with Crippen LogP contribution in [-0.4, -0.2) is 5.91 Å². The number of amides is 1. The average Bonchev–Trinajstić information content (AvgIpc) is 2.21. The standard InChI is InChI=1S/C13H19NO.Au/c1-3-6-10-8-5-9-12(13(14)15)11(10)7-4-2;/h5,8-9H,3-4,6-7H2,1-2H3,(H2,14,15);. The second-order valence-electron chi connectivity index (χ2n) is 3.81. The number of benzene rings is 1. The van der Waals surface area contributed by atoms with Gasteiger partial charge in [-0.2, -0.15) is 0 Å². The van der Waals surface area contributed by atoms with Crippen LogP contribution in [0.4, 0.5) is 0 Å². The first-order valence-corrected chi connectivity index (χ1v) is 5.61. The first-order chi connectivity index (χ1) is 7.20. The molecule has 0 heterocycles. The van der Waals surface area contributed by atoms with Crippen LogP contribution >= 0.6 is 0 Å². The smallest absolute Gasteiger partial charge is 0.248 e. The molecule has 1 aromatic rings. The average molecular weight is 402 g/mol. The molecule has 1 amide bonds. The third-order valence-corrected chi connectivity index (χ3v) is 2.56. The maximum atomic E-state index is 11.3. The quantitative estimate of drug-likeness (QED) is 0.757. The molecule has 0 atom stereocenters. The Labute approximate surface area is 113 Å². The van der Waals surface area contributed by atoms with Gasteiger partial charge in [-0.15, -0.1) is 0 Å². The summed E-state index contributed by atoms with van der Waals surface area (Å²) in [7, 11) is 0. The minimum atomic E-state index is -0.309. The van der Waals surface area contributed by atoms with Gasteiger partial charge in [0.1, 0.15) is 0 Å². The van der Waals surface area contributed by atoms with E-state index < -0.39 is 0 Å². The van der Waals surface area contributed by atoms with Gasteiger partial charge in [0.15, 0.2) is 0 Å². The van der Waals surface area contributed by atoms with Gasteiger partial charge in [-0.25, -0.2) is 0 Å². The van der Waals surface area contributed by atoms with Crippen molar-refractivity contribution in [3.8, 4) is 0 Å². The van der Waals surface area contributed by atoms with E-state index in [0.717, 1.165) is 31.2 Å². The Balaban J connectivity index is 0.00000225. The van der Waals surface area contributed by atoms with Gasteiger partial charge < -0.3 is 5.73 Å². The Bertz CT molecular complexity index is 350. The zero-order chi connectivity index (χ0) is 11.3. The summed E-state index contributed by atoms with van der Waals surface area (Å²) in [6.07, 6.45) is 4.10. The zero-order valence-corrected chi connectivity index (χ0v) is 12.0. The summed E-state index contributed by atoms with van der Waals surface area (Å²) in [5, 5.41) is 0. The van der Waals surface area contributed by atoms with E-state index in [2.05, 4.69) is 19.9 Å². The summed E-state index contributed by atoms with van der Waals surface area (Å²) in [5.74, 6) is -0.309. The molecule has 1 radical (unpaired) electrons. The molecule has 2 N–H and O–H groups in total. The van der Waals surface area contributed by atoms with Crippen LogP contribution in [-0.2, 0) is 35.2 Å². The maximum Gasteiger partial charge on any atom is 0.248 e. The van der Waals surface area contributed by atoms with E-state index in [-0.39, 0.29) is 28.3 Å². The van der Waals surface area contributed by atoms with Crippen molar-refractivity contribution in [3.63, 3.8) is 0 Å². The minimum Gasteiger partial charge on any atom is -0.366 e.